The van der Waals surface area contributed by atoms with E-state index < -0.39 is 0 Å². The van der Waals surface area contributed by atoms with Gasteiger partial charge in [0.1, 0.15) is 0 Å². The minimum absolute atomic E-state index is 0.728. The highest BCUT2D eigenvalue weighted by molar-refractivity contribution is 4.86. The summed E-state index contributed by atoms with van der Waals surface area (Å²) in [6, 6.07) is 0.728. The van der Waals surface area contributed by atoms with Gasteiger partial charge >= 0.3 is 0 Å². The quantitative estimate of drug-likeness (QED) is 0.585. The predicted octanol–water partition coefficient (Wildman–Crippen LogP) is 2.19. The summed E-state index contributed by atoms with van der Waals surface area (Å²) in [5.41, 5.74) is 0. The lowest BCUT2D eigenvalue weighted by Gasteiger charge is -2.17. The van der Waals surface area contributed by atoms with Crippen LogP contribution in [-0.4, -0.2) is 25.8 Å². The fourth-order valence-electron chi connectivity index (χ4n) is 1.69. The van der Waals surface area contributed by atoms with Gasteiger partial charge in [0.05, 0.1) is 0 Å². The minimum Gasteiger partial charge on any atom is -0.382 e. The van der Waals surface area contributed by atoms with E-state index in [0.717, 1.165) is 31.7 Å². The van der Waals surface area contributed by atoms with Crippen LogP contribution in [0.15, 0.2) is 0 Å². The van der Waals surface area contributed by atoms with Gasteiger partial charge in [0.2, 0.25) is 0 Å². The van der Waals surface area contributed by atoms with E-state index in [1.807, 2.05) is 0 Å². The molecule has 0 amide bonds. The van der Waals surface area contributed by atoms with Crippen LogP contribution in [0.5, 0.6) is 0 Å². The molecule has 1 N–H and O–H groups in total. The third-order valence-electron chi connectivity index (χ3n) is 2.62. The lowest BCUT2D eigenvalue weighted by Crippen LogP contribution is -2.32. The maximum atomic E-state index is 5.38. The molecule has 0 aromatic rings. The molecule has 0 spiro atoms. The first kappa shape index (κ1) is 11.0. The van der Waals surface area contributed by atoms with E-state index in [2.05, 4.69) is 19.2 Å². The second-order valence-electron chi connectivity index (χ2n) is 3.88. The molecule has 1 aliphatic rings. The normalized spacial score (nSPS) is 18.9. The number of ether oxygens (including phenoxy) is 1. The first-order chi connectivity index (χ1) is 6.38. The third kappa shape index (κ3) is 4.63. The van der Waals surface area contributed by atoms with Crippen LogP contribution in [0.25, 0.3) is 0 Å². The van der Waals surface area contributed by atoms with Crippen molar-refractivity contribution in [2.45, 2.75) is 45.6 Å². The molecule has 1 rings (SSSR count). The molecule has 0 aromatic carbocycles. The van der Waals surface area contributed by atoms with Crippen molar-refractivity contribution in [3.63, 3.8) is 0 Å². The number of hydrogen-bond acceptors (Lipinski definition) is 2. The monoisotopic (exact) mass is 185 g/mol. The molecule has 2 heteroatoms. The summed E-state index contributed by atoms with van der Waals surface area (Å²) in [5, 5.41) is 3.61. The fraction of sp³-hybridized carbons (Fsp3) is 1.00. The Morgan fingerprint density at radius 2 is 2.15 bits per heavy atom. The fourth-order valence-corrected chi connectivity index (χ4v) is 1.69. The van der Waals surface area contributed by atoms with Crippen molar-refractivity contribution in [2.24, 2.45) is 5.92 Å². The summed E-state index contributed by atoms with van der Waals surface area (Å²) < 4.78 is 5.38. The Kier molecular flexibility index (Phi) is 5.40. The standard InChI is InChI=1S/C11H23NO/c1-3-8-12-11(10-5-6-10)7-9-13-4-2/h10-12H,3-9H2,1-2H3. The molecule has 2 nitrogen and oxygen atoms in total. The molecule has 0 heterocycles. The summed E-state index contributed by atoms with van der Waals surface area (Å²) in [7, 11) is 0. The van der Waals surface area contributed by atoms with Crippen LogP contribution in [-0.2, 0) is 4.74 Å². The van der Waals surface area contributed by atoms with Gasteiger partial charge in [-0.25, -0.2) is 0 Å². The van der Waals surface area contributed by atoms with Gasteiger partial charge in [0.15, 0.2) is 0 Å². The second-order valence-corrected chi connectivity index (χ2v) is 3.88. The van der Waals surface area contributed by atoms with Gasteiger partial charge in [0.25, 0.3) is 0 Å². The summed E-state index contributed by atoms with van der Waals surface area (Å²) in [6.07, 6.45) is 5.28. The number of rotatable bonds is 8. The summed E-state index contributed by atoms with van der Waals surface area (Å²) in [6.45, 7) is 7.22. The van der Waals surface area contributed by atoms with E-state index in [-0.39, 0.29) is 0 Å². The zero-order chi connectivity index (χ0) is 9.52. The van der Waals surface area contributed by atoms with Gasteiger partial charge in [-0.2, -0.15) is 0 Å². The minimum atomic E-state index is 0.728. The molecule has 78 valence electrons. The van der Waals surface area contributed by atoms with E-state index in [4.69, 9.17) is 4.74 Å². The topological polar surface area (TPSA) is 21.3 Å². The Hall–Kier alpha value is -0.0800. The molecular weight excluding hydrogens is 162 g/mol. The molecule has 13 heavy (non-hydrogen) atoms. The molecule has 0 saturated heterocycles. The van der Waals surface area contributed by atoms with Crippen LogP contribution in [0.3, 0.4) is 0 Å². The molecular formula is C11H23NO. The van der Waals surface area contributed by atoms with Gasteiger partial charge in [-0.15, -0.1) is 0 Å². The van der Waals surface area contributed by atoms with Gasteiger partial charge in [-0.1, -0.05) is 6.92 Å². The second kappa shape index (κ2) is 6.39. The number of hydrogen-bond donors (Lipinski definition) is 1. The first-order valence-corrected chi connectivity index (χ1v) is 5.69. The van der Waals surface area contributed by atoms with Crippen molar-refractivity contribution in [3.8, 4) is 0 Å². The van der Waals surface area contributed by atoms with Crippen LogP contribution < -0.4 is 5.32 Å². The molecule has 0 radical (unpaired) electrons. The maximum absolute atomic E-state index is 5.38. The van der Waals surface area contributed by atoms with E-state index in [9.17, 15) is 0 Å². The lowest BCUT2D eigenvalue weighted by molar-refractivity contribution is 0.134. The van der Waals surface area contributed by atoms with Crippen molar-refractivity contribution >= 4 is 0 Å². The highest BCUT2D eigenvalue weighted by atomic mass is 16.5. The zero-order valence-electron chi connectivity index (χ0n) is 9.01. The van der Waals surface area contributed by atoms with E-state index >= 15 is 0 Å². The highest BCUT2D eigenvalue weighted by Crippen LogP contribution is 2.33. The van der Waals surface area contributed by atoms with Crippen molar-refractivity contribution in [1.82, 2.24) is 5.32 Å². The largest absolute Gasteiger partial charge is 0.382 e. The zero-order valence-corrected chi connectivity index (χ0v) is 9.01. The molecule has 1 fully saturated rings. The lowest BCUT2D eigenvalue weighted by atomic mass is 10.1. The Morgan fingerprint density at radius 1 is 1.38 bits per heavy atom. The van der Waals surface area contributed by atoms with Gasteiger partial charge in [-0.3, -0.25) is 0 Å². The van der Waals surface area contributed by atoms with Crippen LogP contribution in [0.2, 0.25) is 0 Å². The molecule has 1 aliphatic carbocycles. The summed E-state index contributed by atoms with van der Waals surface area (Å²) in [5.74, 6) is 0.951. The van der Waals surface area contributed by atoms with E-state index in [1.165, 1.54) is 25.7 Å². The van der Waals surface area contributed by atoms with Crippen molar-refractivity contribution in [2.75, 3.05) is 19.8 Å². The average Bonchev–Trinajstić information content (AvgIpc) is 2.94. The Labute approximate surface area is 82.0 Å². The number of nitrogens with one attached hydrogen (secondary N) is 1. The highest BCUT2D eigenvalue weighted by Gasteiger charge is 2.30. The van der Waals surface area contributed by atoms with Crippen molar-refractivity contribution < 1.29 is 4.74 Å². The Bertz CT molecular complexity index is 123. The third-order valence-corrected chi connectivity index (χ3v) is 2.62. The first-order valence-electron chi connectivity index (χ1n) is 5.69. The van der Waals surface area contributed by atoms with Crippen LogP contribution in [0, 0.1) is 5.92 Å². The molecule has 1 unspecified atom stereocenters. The van der Waals surface area contributed by atoms with E-state index in [0.29, 0.717) is 0 Å². The Balaban J connectivity index is 2.06. The van der Waals surface area contributed by atoms with Crippen LogP contribution in [0.1, 0.15) is 39.5 Å². The molecule has 0 bridgehead atoms. The predicted molar refractivity (Wildman–Crippen MR) is 55.9 cm³/mol. The summed E-state index contributed by atoms with van der Waals surface area (Å²) >= 11 is 0. The van der Waals surface area contributed by atoms with Gasteiger partial charge in [0, 0.05) is 19.3 Å². The molecule has 0 aromatic heterocycles. The molecule has 1 atom stereocenters. The molecule has 0 aliphatic heterocycles. The van der Waals surface area contributed by atoms with Gasteiger partial charge in [-0.05, 0) is 45.1 Å². The smallest absolute Gasteiger partial charge is 0.0480 e. The maximum Gasteiger partial charge on any atom is 0.0480 e. The van der Waals surface area contributed by atoms with Crippen LogP contribution >= 0.6 is 0 Å². The van der Waals surface area contributed by atoms with Crippen molar-refractivity contribution in [3.05, 3.63) is 0 Å². The van der Waals surface area contributed by atoms with Crippen molar-refractivity contribution in [1.29, 1.82) is 0 Å². The van der Waals surface area contributed by atoms with Crippen LogP contribution in [0.4, 0.5) is 0 Å². The van der Waals surface area contributed by atoms with E-state index in [1.54, 1.807) is 0 Å². The SMILES string of the molecule is CCCNC(CCOCC)C1CC1. The summed E-state index contributed by atoms with van der Waals surface area (Å²) in [4.78, 5) is 0. The Morgan fingerprint density at radius 3 is 2.69 bits per heavy atom. The average molecular weight is 185 g/mol. The molecule has 1 saturated carbocycles. The van der Waals surface area contributed by atoms with Gasteiger partial charge < -0.3 is 10.1 Å².